The molecule has 0 radical (unpaired) electrons. The lowest BCUT2D eigenvalue weighted by Crippen LogP contribution is -2.12. The first kappa shape index (κ1) is 13.1. The molecule has 0 aliphatic carbocycles. The SMILES string of the molecule is CSc1nc(NN)cc(NC(C)c2ccsc2)n1. The zero-order chi connectivity index (χ0) is 13.0. The van der Waals surface area contributed by atoms with Gasteiger partial charge in [-0.25, -0.2) is 15.8 Å². The van der Waals surface area contributed by atoms with Crippen LogP contribution in [0.5, 0.6) is 0 Å². The molecule has 0 aliphatic rings. The molecule has 2 heterocycles. The monoisotopic (exact) mass is 281 g/mol. The fourth-order valence-corrected chi connectivity index (χ4v) is 2.62. The summed E-state index contributed by atoms with van der Waals surface area (Å²) >= 11 is 3.17. The number of nitrogens with one attached hydrogen (secondary N) is 2. The fourth-order valence-electron chi connectivity index (χ4n) is 1.49. The Morgan fingerprint density at radius 1 is 1.39 bits per heavy atom. The molecule has 0 saturated heterocycles. The van der Waals surface area contributed by atoms with Crippen LogP contribution in [-0.2, 0) is 0 Å². The molecule has 0 fully saturated rings. The summed E-state index contributed by atoms with van der Waals surface area (Å²) in [6, 6.07) is 4.09. The van der Waals surface area contributed by atoms with Crippen molar-refractivity contribution in [2.45, 2.75) is 18.1 Å². The zero-order valence-corrected chi connectivity index (χ0v) is 11.8. The smallest absolute Gasteiger partial charge is 0.191 e. The molecule has 2 aromatic rings. The number of hydrazine groups is 1. The number of nitrogens with zero attached hydrogens (tertiary/aromatic N) is 2. The zero-order valence-electron chi connectivity index (χ0n) is 10.2. The summed E-state index contributed by atoms with van der Waals surface area (Å²) in [4.78, 5) is 8.62. The highest BCUT2D eigenvalue weighted by Gasteiger charge is 2.08. The molecular weight excluding hydrogens is 266 g/mol. The van der Waals surface area contributed by atoms with Crippen molar-refractivity contribution in [3.63, 3.8) is 0 Å². The van der Waals surface area contributed by atoms with E-state index in [4.69, 9.17) is 5.84 Å². The molecular formula is C11H15N5S2. The number of thiophene rings is 1. The summed E-state index contributed by atoms with van der Waals surface area (Å²) in [7, 11) is 0. The number of thioether (sulfide) groups is 1. The Labute approximate surface area is 114 Å². The van der Waals surface area contributed by atoms with E-state index >= 15 is 0 Å². The Kier molecular flexibility index (Phi) is 4.40. The normalized spacial score (nSPS) is 12.2. The number of nitrogens with two attached hydrogens (primary N) is 1. The maximum atomic E-state index is 5.39. The van der Waals surface area contributed by atoms with Gasteiger partial charge in [-0.3, -0.25) is 0 Å². The molecule has 1 unspecified atom stereocenters. The quantitative estimate of drug-likeness (QED) is 0.338. The van der Waals surface area contributed by atoms with Gasteiger partial charge in [0.25, 0.3) is 0 Å². The van der Waals surface area contributed by atoms with Crippen molar-refractivity contribution >= 4 is 34.7 Å². The van der Waals surface area contributed by atoms with Crippen molar-refractivity contribution in [3.8, 4) is 0 Å². The van der Waals surface area contributed by atoms with Gasteiger partial charge in [-0.05, 0) is 35.6 Å². The highest BCUT2D eigenvalue weighted by Crippen LogP contribution is 2.22. The summed E-state index contributed by atoms with van der Waals surface area (Å²) in [6.07, 6.45) is 1.93. The largest absolute Gasteiger partial charge is 0.363 e. The molecule has 0 aliphatic heterocycles. The van der Waals surface area contributed by atoms with E-state index in [1.807, 2.05) is 6.26 Å². The van der Waals surface area contributed by atoms with Crippen LogP contribution in [0.25, 0.3) is 0 Å². The number of hydrogen-bond acceptors (Lipinski definition) is 7. The van der Waals surface area contributed by atoms with E-state index in [2.05, 4.69) is 44.5 Å². The molecule has 96 valence electrons. The average molecular weight is 281 g/mol. The van der Waals surface area contributed by atoms with Gasteiger partial charge in [-0.2, -0.15) is 11.3 Å². The maximum absolute atomic E-state index is 5.39. The molecule has 7 heteroatoms. The van der Waals surface area contributed by atoms with Gasteiger partial charge >= 0.3 is 0 Å². The molecule has 2 aromatic heterocycles. The van der Waals surface area contributed by atoms with Gasteiger partial charge in [0.15, 0.2) is 5.16 Å². The van der Waals surface area contributed by atoms with E-state index in [-0.39, 0.29) is 6.04 Å². The van der Waals surface area contributed by atoms with E-state index in [1.54, 1.807) is 17.4 Å². The standard InChI is InChI=1S/C11H15N5S2/c1-7(8-3-4-18-6-8)13-9-5-10(16-12)15-11(14-9)17-2/h3-7H,12H2,1-2H3,(H2,13,14,15,16). The Balaban J connectivity index is 2.17. The number of nitrogen functional groups attached to an aromatic ring is 1. The van der Waals surface area contributed by atoms with Gasteiger partial charge in [0.1, 0.15) is 11.6 Å². The number of hydrogen-bond donors (Lipinski definition) is 3. The van der Waals surface area contributed by atoms with Crippen LogP contribution >= 0.6 is 23.1 Å². The van der Waals surface area contributed by atoms with Crippen LogP contribution in [0.15, 0.2) is 28.0 Å². The van der Waals surface area contributed by atoms with Gasteiger partial charge in [0, 0.05) is 6.07 Å². The molecule has 2 rings (SSSR count). The Hall–Kier alpha value is -1.31. The number of rotatable bonds is 5. The predicted molar refractivity (Wildman–Crippen MR) is 78.0 cm³/mol. The Morgan fingerprint density at radius 3 is 2.78 bits per heavy atom. The van der Waals surface area contributed by atoms with Crippen LogP contribution in [0.2, 0.25) is 0 Å². The van der Waals surface area contributed by atoms with E-state index in [1.165, 1.54) is 17.3 Å². The van der Waals surface area contributed by atoms with Crippen LogP contribution < -0.4 is 16.6 Å². The maximum Gasteiger partial charge on any atom is 0.191 e. The molecule has 0 spiro atoms. The van der Waals surface area contributed by atoms with Gasteiger partial charge in [0.2, 0.25) is 0 Å². The second kappa shape index (κ2) is 6.03. The third kappa shape index (κ3) is 3.12. The van der Waals surface area contributed by atoms with E-state index in [0.29, 0.717) is 11.0 Å². The third-order valence-electron chi connectivity index (χ3n) is 2.44. The van der Waals surface area contributed by atoms with Gasteiger partial charge in [0.05, 0.1) is 6.04 Å². The fraction of sp³-hybridized carbons (Fsp3) is 0.273. The summed E-state index contributed by atoms with van der Waals surface area (Å²) in [6.45, 7) is 2.10. The highest BCUT2D eigenvalue weighted by molar-refractivity contribution is 7.98. The van der Waals surface area contributed by atoms with Crippen molar-refractivity contribution in [2.75, 3.05) is 17.0 Å². The van der Waals surface area contributed by atoms with Crippen molar-refractivity contribution in [1.29, 1.82) is 0 Å². The van der Waals surface area contributed by atoms with Crippen molar-refractivity contribution in [2.24, 2.45) is 5.84 Å². The molecule has 18 heavy (non-hydrogen) atoms. The first-order valence-electron chi connectivity index (χ1n) is 5.41. The molecule has 0 bridgehead atoms. The van der Waals surface area contributed by atoms with Gasteiger partial charge < -0.3 is 10.7 Å². The summed E-state index contributed by atoms with van der Waals surface area (Å²) in [5.41, 5.74) is 3.79. The van der Waals surface area contributed by atoms with Crippen molar-refractivity contribution in [3.05, 3.63) is 28.5 Å². The van der Waals surface area contributed by atoms with Crippen LogP contribution in [-0.4, -0.2) is 16.2 Å². The lowest BCUT2D eigenvalue weighted by Gasteiger charge is -2.14. The van der Waals surface area contributed by atoms with Gasteiger partial charge in [-0.1, -0.05) is 11.8 Å². The predicted octanol–water partition coefficient (Wildman–Crippen LogP) is 2.72. The minimum absolute atomic E-state index is 0.200. The summed E-state index contributed by atoms with van der Waals surface area (Å²) in [5.74, 6) is 6.76. The lowest BCUT2D eigenvalue weighted by molar-refractivity contribution is 0.860. The van der Waals surface area contributed by atoms with Crippen LogP contribution in [0.3, 0.4) is 0 Å². The minimum Gasteiger partial charge on any atom is -0.363 e. The van der Waals surface area contributed by atoms with Gasteiger partial charge in [-0.15, -0.1) is 0 Å². The Bertz CT molecular complexity index is 478. The molecule has 0 saturated carbocycles. The summed E-state index contributed by atoms with van der Waals surface area (Å²) in [5, 5.41) is 8.21. The first-order valence-corrected chi connectivity index (χ1v) is 7.58. The number of aromatic nitrogens is 2. The Morgan fingerprint density at radius 2 is 2.17 bits per heavy atom. The molecule has 0 aromatic carbocycles. The van der Waals surface area contributed by atoms with Crippen LogP contribution in [0, 0.1) is 0 Å². The highest BCUT2D eigenvalue weighted by atomic mass is 32.2. The van der Waals surface area contributed by atoms with E-state index < -0.39 is 0 Å². The number of anilines is 2. The first-order chi connectivity index (χ1) is 8.72. The molecule has 1 atom stereocenters. The van der Waals surface area contributed by atoms with Crippen LogP contribution in [0.4, 0.5) is 11.6 Å². The topological polar surface area (TPSA) is 75.9 Å². The molecule has 0 amide bonds. The average Bonchev–Trinajstić information content (AvgIpc) is 2.92. The molecule has 5 nitrogen and oxygen atoms in total. The second-order valence-electron chi connectivity index (χ2n) is 3.69. The van der Waals surface area contributed by atoms with E-state index in [0.717, 1.165) is 5.82 Å². The minimum atomic E-state index is 0.200. The summed E-state index contributed by atoms with van der Waals surface area (Å²) < 4.78 is 0. The third-order valence-corrected chi connectivity index (χ3v) is 3.69. The lowest BCUT2D eigenvalue weighted by atomic mass is 10.2. The van der Waals surface area contributed by atoms with Crippen LogP contribution in [0.1, 0.15) is 18.5 Å². The van der Waals surface area contributed by atoms with Crippen molar-refractivity contribution < 1.29 is 0 Å². The second-order valence-corrected chi connectivity index (χ2v) is 5.25. The van der Waals surface area contributed by atoms with Crippen molar-refractivity contribution in [1.82, 2.24) is 9.97 Å². The molecule has 4 N–H and O–H groups in total. The van der Waals surface area contributed by atoms with E-state index in [9.17, 15) is 0 Å².